The molecule has 0 atom stereocenters. The molecule has 4 aromatic rings. The Balaban J connectivity index is 1.47. The molecule has 2 N–H and O–H groups in total. The third kappa shape index (κ3) is 7.39. The van der Waals surface area contributed by atoms with Crippen molar-refractivity contribution in [1.29, 1.82) is 0 Å². The standard InChI is InChI=1S/C29H27ClN2O8S2/c30-23-12-14-27-25(20-23)32(16-6-18-42(36,37)38)29(40-27)10-4-9-28-31(15-5-17-41(33,34)35)24-19-22(11-13-26(24)39-28)21-7-2-1-3-8-21/h1-4,7-14,19-20H,5-6,15-18H2,(H-,33,34,35,36,37,38)/p+1. The molecule has 10 nitrogen and oxygen atoms in total. The van der Waals surface area contributed by atoms with Crippen molar-refractivity contribution < 1.29 is 39.7 Å². The number of aryl methyl sites for hydroxylation is 1. The fourth-order valence-electron chi connectivity index (χ4n) is 4.72. The van der Waals surface area contributed by atoms with Gasteiger partial charge in [0.1, 0.15) is 0 Å². The van der Waals surface area contributed by atoms with Gasteiger partial charge in [-0.25, -0.2) is 0 Å². The monoisotopic (exact) mass is 631 g/mol. The normalized spacial score (nSPS) is 14.6. The van der Waals surface area contributed by atoms with E-state index in [0.717, 1.165) is 16.6 Å². The van der Waals surface area contributed by atoms with Crippen molar-refractivity contribution in [2.24, 2.45) is 0 Å². The molecule has 0 aliphatic carbocycles. The molecule has 1 aliphatic heterocycles. The molecule has 0 radical (unpaired) electrons. The summed E-state index contributed by atoms with van der Waals surface area (Å²) >= 11 is 6.18. The molecule has 0 saturated heterocycles. The summed E-state index contributed by atoms with van der Waals surface area (Å²) in [6.45, 7) is 0.513. The summed E-state index contributed by atoms with van der Waals surface area (Å²) in [5.74, 6) is 0.600. The predicted octanol–water partition coefficient (Wildman–Crippen LogP) is 5.35. The molecule has 0 amide bonds. The molecule has 0 fully saturated rings. The van der Waals surface area contributed by atoms with Crippen LogP contribution < -0.4 is 14.2 Å². The summed E-state index contributed by atoms with van der Waals surface area (Å²) in [6.07, 6.45) is 5.41. The molecule has 1 aliphatic rings. The first-order valence-electron chi connectivity index (χ1n) is 13.0. The number of ether oxygens (including phenoxy) is 1. The Kier molecular flexibility index (Phi) is 8.71. The highest BCUT2D eigenvalue weighted by atomic mass is 35.5. The average molecular weight is 632 g/mol. The summed E-state index contributed by atoms with van der Waals surface area (Å²) in [5, 5.41) is 0.483. The van der Waals surface area contributed by atoms with E-state index in [9.17, 15) is 21.4 Å². The van der Waals surface area contributed by atoms with E-state index >= 15 is 0 Å². The number of rotatable bonds is 11. The molecule has 0 bridgehead atoms. The Hall–Kier alpha value is -3.68. The van der Waals surface area contributed by atoms with Crippen molar-refractivity contribution in [3.8, 4) is 16.9 Å². The first kappa shape index (κ1) is 29.8. The number of nitrogens with zero attached hydrogens (tertiary/aromatic N) is 2. The maximum absolute atomic E-state index is 11.4. The van der Waals surface area contributed by atoms with E-state index in [1.54, 1.807) is 41.3 Å². The van der Waals surface area contributed by atoms with Gasteiger partial charge in [0.15, 0.2) is 12.3 Å². The minimum absolute atomic E-state index is 0.149. The van der Waals surface area contributed by atoms with Gasteiger partial charge in [0.2, 0.25) is 11.5 Å². The van der Waals surface area contributed by atoms with Crippen molar-refractivity contribution in [2.45, 2.75) is 19.4 Å². The van der Waals surface area contributed by atoms with Gasteiger partial charge in [-0.2, -0.15) is 21.4 Å². The average Bonchev–Trinajstić information content (AvgIpc) is 3.44. The topological polar surface area (TPSA) is 138 Å². The van der Waals surface area contributed by atoms with Crippen LogP contribution in [0.2, 0.25) is 5.02 Å². The first-order valence-corrected chi connectivity index (χ1v) is 16.6. The molecular weight excluding hydrogens is 604 g/mol. The molecule has 13 heteroatoms. The number of anilines is 1. The van der Waals surface area contributed by atoms with Gasteiger partial charge >= 0.3 is 5.89 Å². The number of oxazole rings is 1. The van der Waals surface area contributed by atoms with Gasteiger partial charge in [0, 0.05) is 24.1 Å². The molecule has 2 heterocycles. The van der Waals surface area contributed by atoms with Crippen molar-refractivity contribution in [1.82, 2.24) is 0 Å². The highest BCUT2D eigenvalue weighted by Gasteiger charge is 2.27. The van der Waals surface area contributed by atoms with Gasteiger partial charge in [-0.1, -0.05) is 48.0 Å². The van der Waals surface area contributed by atoms with Crippen LogP contribution in [-0.4, -0.2) is 44.0 Å². The highest BCUT2D eigenvalue weighted by Crippen LogP contribution is 2.40. The molecule has 1 aromatic heterocycles. The lowest BCUT2D eigenvalue weighted by Gasteiger charge is -2.17. The van der Waals surface area contributed by atoms with E-state index < -0.39 is 31.7 Å². The maximum atomic E-state index is 11.4. The lowest BCUT2D eigenvalue weighted by molar-refractivity contribution is -0.677. The maximum Gasteiger partial charge on any atom is 0.374 e. The van der Waals surface area contributed by atoms with Gasteiger partial charge in [0.05, 0.1) is 23.3 Å². The number of allylic oxidation sites excluding steroid dienone is 2. The van der Waals surface area contributed by atoms with Crippen LogP contribution in [0.3, 0.4) is 0 Å². The molecule has 0 unspecified atom stereocenters. The lowest BCUT2D eigenvalue weighted by atomic mass is 10.1. The van der Waals surface area contributed by atoms with Crippen molar-refractivity contribution in [3.05, 3.63) is 95.7 Å². The zero-order valence-electron chi connectivity index (χ0n) is 22.3. The van der Waals surface area contributed by atoms with E-state index in [2.05, 4.69) is 0 Å². The highest BCUT2D eigenvalue weighted by molar-refractivity contribution is 7.86. The van der Waals surface area contributed by atoms with Crippen molar-refractivity contribution >= 4 is 54.7 Å². The second kappa shape index (κ2) is 12.3. The second-order valence-electron chi connectivity index (χ2n) is 9.65. The Morgan fingerprint density at radius 1 is 0.881 bits per heavy atom. The SMILES string of the molecule is O=S(=O)(O)CCCN1C(=CC=Cc2oc3ccc(-c4ccccc4)cc3[n+]2CCCS(=O)(=O)O)Oc2ccc(Cl)cc21. The van der Waals surface area contributed by atoms with Gasteiger partial charge in [-0.15, -0.1) is 0 Å². The minimum atomic E-state index is -4.13. The van der Waals surface area contributed by atoms with Gasteiger partial charge in [-0.3, -0.25) is 9.11 Å². The van der Waals surface area contributed by atoms with Crippen molar-refractivity contribution in [3.63, 3.8) is 0 Å². The van der Waals surface area contributed by atoms with E-state index in [4.69, 9.17) is 25.3 Å². The second-order valence-corrected chi connectivity index (χ2v) is 13.2. The van der Waals surface area contributed by atoms with Gasteiger partial charge in [-0.05, 0) is 54.0 Å². The number of hydrogen-bond donors (Lipinski definition) is 2. The van der Waals surface area contributed by atoms with E-state index in [0.29, 0.717) is 33.8 Å². The molecule has 5 rings (SSSR count). The third-order valence-electron chi connectivity index (χ3n) is 6.58. The van der Waals surface area contributed by atoms with Crippen LogP contribution in [0.15, 0.2) is 89.2 Å². The fraction of sp³-hybridized carbons (Fsp3) is 0.207. The Bertz CT molecular complexity index is 1890. The summed E-state index contributed by atoms with van der Waals surface area (Å²) in [7, 11) is -8.25. The minimum Gasteiger partial charge on any atom is -0.439 e. The van der Waals surface area contributed by atoms with Crippen LogP contribution in [0.4, 0.5) is 5.69 Å². The smallest absolute Gasteiger partial charge is 0.374 e. The lowest BCUT2D eigenvalue weighted by Crippen LogP contribution is -2.36. The summed E-state index contributed by atoms with van der Waals surface area (Å²) in [5.41, 5.74) is 3.99. The van der Waals surface area contributed by atoms with E-state index in [1.807, 2.05) is 53.1 Å². The molecule has 0 spiro atoms. The summed E-state index contributed by atoms with van der Waals surface area (Å²) < 4.78 is 77.6. The number of fused-ring (bicyclic) bond motifs is 2. The first-order chi connectivity index (χ1) is 20.0. The molecule has 42 heavy (non-hydrogen) atoms. The third-order valence-corrected chi connectivity index (χ3v) is 8.42. The molecule has 220 valence electrons. The van der Waals surface area contributed by atoms with Crippen LogP contribution in [0.5, 0.6) is 5.75 Å². The predicted molar refractivity (Wildman–Crippen MR) is 160 cm³/mol. The molecule has 3 aromatic carbocycles. The molecular formula is C29H28ClN2O8S2+. The zero-order valence-corrected chi connectivity index (χ0v) is 24.6. The largest absolute Gasteiger partial charge is 0.439 e. The summed E-state index contributed by atoms with van der Waals surface area (Å²) in [4.78, 5) is 1.77. The van der Waals surface area contributed by atoms with Crippen LogP contribution in [-0.2, 0) is 26.8 Å². The number of benzene rings is 3. The fourth-order valence-corrected chi connectivity index (χ4v) is 5.87. The van der Waals surface area contributed by atoms with Gasteiger partial charge in [0.25, 0.3) is 25.8 Å². The zero-order chi connectivity index (χ0) is 29.9. The van der Waals surface area contributed by atoms with Crippen LogP contribution in [0, 0.1) is 0 Å². The van der Waals surface area contributed by atoms with Crippen LogP contribution >= 0.6 is 11.6 Å². The van der Waals surface area contributed by atoms with E-state index in [-0.39, 0.29) is 25.9 Å². The van der Waals surface area contributed by atoms with Crippen LogP contribution in [0.1, 0.15) is 18.7 Å². The van der Waals surface area contributed by atoms with Crippen LogP contribution in [0.25, 0.3) is 28.3 Å². The van der Waals surface area contributed by atoms with Crippen molar-refractivity contribution in [2.75, 3.05) is 23.0 Å². The number of hydrogen-bond acceptors (Lipinski definition) is 7. The quantitative estimate of drug-likeness (QED) is 0.166. The van der Waals surface area contributed by atoms with E-state index in [1.165, 1.54) is 0 Å². The summed E-state index contributed by atoms with van der Waals surface area (Å²) in [6, 6.07) is 20.7. The number of halogens is 1. The van der Waals surface area contributed by atoms with Gasteiger partial charge < -0.3 is 14.1 Å². The Labute approximate surface area is 248 Å². The Morgan fingerprint density at radius 2 is 1.62 bits per heavy atom. The number of aromatic nitrogens is 1. The molecule has 0 saturated carbocycles. The Morgan fingerprint density at radius 3 is 2.36 bits per heavy atom.